The molecule has 0 spiro atoms. The lowest BCUT2D eigenvalue weighted by Crippen LogP contribution is -2.71. The van der Waals surface area contributed by atoms with Gasteiger partial charge in [-0.2, -0.15) is 0 Å². The standard InChI is InChI=1S/C37H38BN3O5/c1-44-34-24-18-31(19-25-34)37-39-41(27-29-13-7-3-8-14-29)35(26-17-28-11-5-2-6-12-28)36(30-15-9-4-10-16-30)45-38(41,46-37)32-20-22-33(23-21-32)40(42)43/h2,4-6,9-12,15-26,29,35-36H,3,7-8,13-14,27H2,1H3/b26-17+/t35-,36+,38?,41+/m1/s1. The molecule has 4 aromatic rings. The molecule has 0 amide bonds. The zero-order valence-electron chi connectivity index (χ0n) is 26.0. The Kier molecular flexibility index (Phi) is 8.19. The second-order valence-electron chi connectivity index (χ2n) is 12.6. The van der Waals surface area contributed by atoms with Crippen molar-refractivity contribution in [3.8, 4) is 5.75 Å². The Morgan fingerprint density at radius 1 is 0.913 bits per heavy atom. The maximum absolute atomic E-state index is 11.7. The van der Waals surface area contributed by atoms with Gasteiger partial charge in [0.25, 0.3) is 5.69 Å². The molecule has 8 nitrogen and oxygen atoms in total. The van der Waals surface area contributed by atoms with E-state index in [0.717, 1.165) is 47.3 Å². The largest absolute Gasteiger partial charge is 0.618 e. The van der Waals surface area contributed by atoms with Gasteiger partial charge in [-0.3, -0.25) is 10.1 Å². The van der Waals surface area contributed by atoms with Crippen LogP contribution in [0.2, 0.25) is 0 Å². The Morgan fingerprint density at radius 2 is 1.59 bits per heavy atom. The van der Waals surface area contributed by atoms with E-state index in [1.807, 2.05) is 60.7 Å². The van der Waals surface area contributed by atoms with Gasteiger partial charge in [-0.05, 0) is 54.3 Å². The predicted octanol–water partition coefficient (Wildman–Crippen LogP) is 7.39. The van der Waals surface area contributed by atoms with Gasteiger partial charge in [-0.1, -0.05) is 109 Å². The minimum Gasteiger partial charge on any atom is -0.618 e. The smallest absolute Gasteiger partial charge is 0.583 e. The third-order valence-electron chi connectivity index (χ3n) is 9.85. The molecule has 0 bridgehead atoms. The number of hydrogen-bond donors (Lipinski definition) is 0. The fourth-order valence-corrected chi connectivity index (χ4v) is 7.58. The molecular weight excluding hydrogens is 577 g/mol. The number of methoxy groups -OCH3 is 1. The second kappa shape index (κ2) is 12.6. The molecule has 2 fully saturated rings. The summed E-state index contributed by atoms with van der Waals surface area (Å²) in [6.45, 7) is -1.63. The number of nitro groups is 1. The minimum atomic E-state index is -2.36. The average molecular weight is 616 g/mol. The Balaban J connectivity index is 1.46. The number of hydrogen-bond acceptors (Lipinski definition) is 6. The highest BCUT2D eigenvalue weighted by atomic mass is 16.7. The van der Waals surface area contributed by atoms with Crippen molar-refractivity contribution in [1.29, 1.82) is 0 Å². The van der Waals surface area contributed by atoms with Crippen LogP contribution in [0.15, 0.2) is 120 Å². The van der Waals surface area contributed by atoms with Crippen molar-refractivity contribution >= 4 is 29.8 Å². The van der Waals surface area contributed by atoms with Gasteiger partial charge in [-0.25, -0.2) is 0 Å². The molecule has 7 rings (SSSR count). The van der Waals surface area contributed by atoms with Crippen LogP contribution in [0.4, 0.5) is 5.69 Å². The van der Waals surface area contributed by atoms with Crippen LogP contribution in [-0.2, 0) is 9.31 Å². The molecular formula is C37H38BN3O5. The van der Waals surface area contributed by atoms with Crippen LogP contribution in [-0.4, -0.2) is 41.7 Å². The first-order chi connectivity index (χ1) is 22.5. The molecule has 1 aliphatic carbocycles. The molecule has 0 radical (unpaired) electrons. The Hall–Kier alpha value is -4.73. The van der Waals surface area contributed by atoms with E-state index in [-0.39, 0.29) is 27.3 Å². The van der Waals surface area contributed by atoms with Gasteiger partial charge in [0.05, 0.1) is 18.6 Å². The summed E-state index contributed by atoms with van der Waals surface area (Å²) in [5.74, 6) is 1.66. The lowest BCUT2D eigenvalue weighted by molar-refractivity contribution is -0.858. The zero-order chi connectivity index (χ0) is 31.6. The van der Waals surface area contributed by atoms with Gasteiger partial charge in [0.1, 0.15) is 17.9 Å². The van der Waals surface area contributed by atoms with E-state index < -0.39 is 6.69 Å². The van der Waals surface area contributed by atoms with Crippen LogP contribution in [0, 0.1) is 16.0 Å². The number of non-ortho nitro benzene ring substituents is 1. The van der Waals surface area contributed by atoms with Crippen LogP contribution >= 0.6 is 0 Å². The highest BCUT2D eigenvalue weighted by molar-refractivity contribution is 6.77. The summed E-state index contributed by atoms with van der Waals surface area (Å²) in [6.07, 6.45) is 9.88. The molecule has 1 saturated carbocycles. The van der Waals surface area contributed by atoms with Crippen LogP contribution in [0.5, 0.6) is 5.75 Å². The second-order valence-corrected chi connectivity index (χ2v) is 12.6. The van der Waals surface area contributed by atoms with Crippen molar-refractivity contribution in [2.75, 3.05) is 13.7 Å². The summed E-state index contributed by atoms with van der Waals surface area (Å²) in [7, 11) is 1.65. The topological polar surface area (TPSA) is 83.2 Å². The molecule has 1 unspecified atom stereocenters. The molecule has 234 valence electrons. The molecule has 0 aromatic heterocycles. The van der Waals surface area contributed by atoms with Crippen LogP contribution in [0.25, 0.3) is 6.08 Å². The molecule has 3 aliphatic rings. The van der Waals surface area contributed by atoms with Crippen molar-refractivity contribution in [1.82, 2.24) is 0 Å². The summed E-state index contributed by atoms with van der Waals surface area (Å²) < 4.78 is 20.1. The summed E-state index contributed by atoms with van der Waals surface area (Å²) >= 11 is 0. The Labute approximate surface area is 269 Å². The normalized spacial score (nSPS) is 26.0. The summed E-state index contributed by atoms with van der Waals surface area (Å²) in [6, 6.07) is 34.7. The molecule has 2 aliphatic heterocycles. The Morgan fingerprint density at radius 3 is 2.24 bits per heavy atom. The van der Waals surface area contributed by atoms with Crippen molar-refractivity contribution in [3.63, 3.8) is 0 Å². The van der Waals surface area contributed by atoms with Crippen LogP contribution in [0.1, 0.15) is 54.9 Å². The summed E-state index contributed by atoms with van der Waals surface area (Å²) in [5.41, 5.74) is 3.72. The summed E-state index contributed by atoms with van der Waals surface area (Å²) in [4.78, 5) is 11.3. The minimum absolute atomic E-state index is 0.0220. The molecule has 9 heteroatoms. The quantitative estimate of drug-likeness (QED) is 0.111. The average Bonchev–Trinajstić information content (AvgIpc) is 3.57. The van der Waals surface area contributed by atoms with Gasteiger partial charge in [-0.15, -0.1) is 0 Å². The lowest BCUT2D eigenvalue weighted by atomic mass is 9.60. The third-order valence-corrected chi connectivity index (χ3v) is 9.85. The van der Waals surface area contributed by atoms with E-state index in [4.69, 9.17) is 19.1 Å². The van der Waals surface area contributed by atoms with Gasteiger partial charge < -0.3 is 18.5 Å². The van der Waals surface area contributed by atoms with E-state index in [1.165, 1.54) is 19.3 Å². The first-order valence-corrected chi connectivity index (χ1v) is 16.2. The summed E-state index contributed by atoms with van der Waals surface area (Å²) in [5, 5.41) is 17.3. The Bertz CT molecular complexity index is 1730. The molecule has 2 heterocycles. The van der Waals surface area contributed by atoms with Crippen molar-refractivity contribution in [2.45, 2.75) is 44.2 Å². The number of quaternary nitrogens is 1. The van der Waals surface area contributed by atoms with E-state index in [2.05, 4.69) is 36.4 Å². The first kappa shape index (κ1) is 30.0. The first-order valence-electron chi connectivity index (χ1n) is 16.2. The van der Waals surface area contributed by atoms with Gasteiger partial charge in [0.15, 0.2) is 0 Å². The van der Waals surface area contributed by atoms with Crippen LogP contribution in [0.3, 0.4) is 0 Å². The predicted molar refractivity (Wildman–Crippen MR) is 180 cm³/mol. The molecule has 4 aromatic carbocycles. The fourth-order valence-electron chi connectivity index (χ4n) is 7.58. The fraction of sp³-hybridized carbons (Fsp3) is 0.270. The molecule has 4 atom stereocenters. The van der Waals surface area contributed by atoms with Crippen LogP contribution < -0.4 is 10.2 Å². The maximum atomic E-state index is 11.7. The van der Waals surface area contributed by atoms with Crippen molar-refractivity contribution in [2.24, 2.45) is 11.0 Å². The number of rotatable bonds is 9. The van der Waals surface area contributed by atoms with E-state index in [9.17, 15) is 10.1 Å². The SMILES string of the molecule is COc1ccc(C2=N[N@@+]3(CC4CCCCC4)[C@H](/C=C/c4ccccc4)[C@H](c4ccccc4)O[B-]3(c3ccc([N+](=O)[O-])cc3)O2)cc1. The van der Waals surface area contributed by atoms with Gasteiger partial charge >= 0.3 is 6.69 Å². The van der Waals surface area contributed by atoms with Gasteiger partial charge in [0.2, 0.25) is 5.90 Å². The highest BCUT2D eigenvalue weighted by Gasteiger charge is 2.70. The third kappa shape index (κ3) is 5.39. The van der Waals surface area contributed by atoms with Crippen molar-refractivity contribution < 1.29 is 23.5 Å². The molecule has 46 heavy (non-hydrogen) atoms. The zero-order valence-corrected chi connectivity index (χ0v) is 26.0. The van der Waals surface area contributed by atoms with E-state index in [0.29, 0.717) is 11.8 Å². The number of nitrogens with zero attached hydrogens (tertiary/aromatic N) is 3. The molecule has 0 N–H and O–H groups in total. The number of benzene rings is 4. The molecule has 1 saturated heterocycles. The van der Waals surface area contributed by atoms with E-state index >= 15 is 0 Å². The lowest BCUT2D eigenvalue weighted by Gasteiger charge is -2.47. The number of fused-ring (bicyclic) bond motifs is 1. The highest BCUT2D eigenvalue weighted by Crippen LogP contribution is 2.51. The maximum Gasteiger partial charge on any atom is 0.583 e. The van der Waals surface area contributed by atoms with Crippen molar-refractivity contribution in [3.05, 3.63) is 142 Å². The number of ether oxygens (including phenoxy) is 1. The van der Waals surface area contributed by atoms with E-state index in [1.54, 1.807) is 31.4 Å². The number of nitro benzene ring substituents is 1. The monoisotopic (exact) mass is 615 g/mol. The van der Waals surface area contributed by atoms with Gasteiger partial charge in [0, 0.05) is 23.6 Å².